The van der Waals surface area contributed by atoms with Gasteiger partial charge in [-0.05, 0) is 18.6 Å². The van der Waals surface area contributed by atoms with Crippen LogP contribution in [0.25, 0.3) is 11.2 Å². The topological polar surface area (TPSA) is 232 Å². The van der Waals surface area contributed by atoms with E-state index < -0.39 is 51.8 Å². The molecule has 2 aromatic rings. The molecule has 4 rings (SSSR count). The van der Waals surface area contributed by atoms with Gasteiger partial charge >= 0.3 is 88.7 Å². The predicted molar refractivity (Wildman–Crippen MR) is 95.4 cm³/mol. The van der Waals surface area contributed by atoms with E-state index in [0.717, 1.165) is 0 Å². The van der Waals surface area contributed by atoms with Crippen molar-refractivity contribution in [3.8, 4) is 0 Å². The van der Waals surface area contributed by atoms with E-state index in [2.05, 4.69) is 23.8 Å². The molecule has 0 aromatic carbocycles. The van der Waals surface area contributed by atoms with Crippen molar-refractivity contribution in [1.82, 2.24) is 19.5 Å². The van der Waals surface area contributed by atoms with Gasteiger partial charge in [0.05, 0.1) is 32.9 Å². The Morgan fingerprint density at radius 2 is 1.91 bits per heavy atom. The molecule has 0 aliphatic heterocycles. The number of anilines is 1. The number of rotatable bonds is 7. The monoisotopic (exact) mass is 549 g/mol. The van der Waals surface area contributed by atoms with Gasteiger partial charge in [-0.15, -0.1) is 0 Å². The Hall–Kier alpha value is 1.88. The maximum absolute atomic E-state index is 11.6. The summed E-state index contributed by atoms with van der Waals surface area (Å²) in [6.07, 6.45) is 0.691. The summed E-state index contributed by atoms with van der Waals surface area (Å²) in [5.41, 5.74) is 5.36. The maximum Gasteiger partial charge on any atom is 1.00 e. The maximum atomic E-state index is 11.6. The second kappa shape index (κ2) is 11.7. The van der Waals surface area contributed by atoms with E-state index in [0.29, 0.717) is 16.3 Å². The minimum Gasteiger partial charge on any atom is -0.790 e. The summed E-state index contributed by atoms with van der Waals surface area (Å²) in [5.74, 6) is -0.300. The van der Waals surface area contributed by atoms with E-state index in [9.17, 15) is 34.0 Å². The van der Waals surface area contributed by atoms with E-state index in [1.54, 1.807) is 6.26 Å². The van der Waals surface area contributed by atoms with E-state index in [1.807, 2.05) is 0 Å². The van der Waals surface area contributed by atoms with Crippen LogP contribution in [0.1, 0.15) is 12.5 Å². The number of thioether (sulfide) groups is 1. The number of phosphoric ester groups is 1. The number of phosphoric acid groups is 2. The third-order valence-electron chi connectivity index (χ3n) is 5.48. The molecule has 2 aromatic heterocycles. The van der Waals surface area contributed by atoms with Crippen LogP contribution >= 0.6 is 27.4 Å². The van der Waals surface area contributed by atoms with Crippen molar-refractivity contribution in [3.63, 3.8) is 0 Å². The van der Waals surface area contributed by atoms with Gasteiger partial charge in [-0.1, -0.05) is 11.8 Å². The van der Waals surface area contributed by atoms with Crippen LogP contribution in [0.15, 0.2) is 11.5 Å². The van der Waals surface area contributed by atoms with Gasteiger partial charge in [-0.3, -0.25) is 8.88 Å². The van der Waals surface area contributed by atoms with Crippen molar-refractivity contribution in [3.05, 3.63) is 6.33 Å². The van der Waals surface area contributed by atoms with E-state index in [1.165, 1.54) is 22.7 Å². The second-order valence-electron chi connectivity index (χ2n) is 7.14. The summed E-state index contributed by atoms with van der Waals surface area (Å²) in [6, 6.07) is -0.727. The molecule has 0 amide bonds. The Kier molecular flexibility index (Phi) is 11.7. The molecule has 2 heterocycles. The Labute approximate surface area is 258 Å². The Bertz CT molecular complexity index is 1110. The number of fused-ring (bicyclic) bond motifs is 2. The number of nitrogens with two attached hydrogens (primary N) is 1. The molecule has 14 nitrogen and oxygen atoms in total. The molecule has 0 bridgehead atoms. The van der Waals surface area contributed by atoms with Gasteiger partial charge in [0.1, 0.15) is 11.6 Å². The first-order chi connectivity index (χ1) is 13.9. The van der Waals surface area contributed by atoms with Crippen molar-refractivity contribution >= 4 is 44.4 Å². The van der Waals surface area contributed by atoms with Crippen molar-refractivity contribution < 1.29 is 132 Å². The van der Waals surface area contributed by atoms with E-state index in [4.69, 9.17) is 5.73 Å². The summed E-state index contributed by atoms with van der Waals surface area (Å²) < 4.78 is 31.6. The Balaban J connectivity index is 0.00000181. The molecule has 2 aliphatic carbocycles. The van der Waals surface area contributed by atoms with Gasteiger partial charge in [-0.2, -0.15) is 0 Å². The zero-order chi connectivity index (χ0) is 22.1. The van der Waals surface area contributed by atoms with Gasteiger partial charge in [-0.25, -0.2) is 15.0 Å². The number of aromatic nitrogens is 4. The molecule has 2 aliphatic rings. The zero-order valence-corrected chi connectivity index (χ0v) is 26.8. The van der Waals surface area contributed by atoms with Crippen LogP contribution in [0.3, 0.4) is 0 Å². The molecular formula is C13H16N5Na3O9P2S. The molecule has 6 atom stereocenters. The third-order valence-corrected chi connectivity index (χ3v) is 8.07. The summed E-state index contributed by atoms with van der Waals surface area (Å²) in [6.45, 7) is -0.674. The predicted octanol–water partition coefficient (Wildman–Crippen LogP) is -11.2. The standard InChI is InChI=1S/C13H19N5O9P2S.3Na/c1-30-12-16-10(14)6-11(17-12)18(4-15-6)7-5-2-13(5,9(20)8(7)19)3-26-29(24,25)27-28(21,22)23;;;/h4-5,7-9,19-20H,2-3H2,1H3,(H,24,25)(H2,14,16,17)(H2,21,22,23);;;/q;3*+1/p-3/t5?,7?,8?,9?,13-;;;/m0.../s1. The normalized spacial score (nSPS) is 29.9. The first-order valence-corrected chi connectivity index (χ1v) is 12.6. The smallest absolute Gasteiger partial charge is 0.790 e. The molecular weight excluding hydrogens is 533 g/mol. The number of hydrogen-bond donors (Lipinski definition) is 3. The van der Waals surface area contributed by atoms with Crippen LogP contribution in [0.2, 0.25) is 0 Å². The molecule has 33 heavy (non-hydrogen) atoms. The fourth-order valence-corrected chi connectivity index (χ4v) is 6.03. The van der Waals surface area contributed by atoms with Crippen LogP contribution in [0.5, 0.6) is 0 Å². The summed E-state index contributed by atoms with van der Waals surface area (Å²) in [4.78, 5) is 45.2. The number of nitrogens with zero attached hydrogens (tertiary/aromatic N) is 4. The zero-order valence-electron chi connectivity index (χ0n) is 18.2. The minimum absolute atomic E-state index is 0. The van der Waals surface area contributed by atoms with Crippen LogP contribution in [-0.4, -0.2) is 54.8 Å². The molecule has 0 saturated heterocycles. The fourth-order valence-electron chi connectivity index (χ4n) is 4.10. The molecule has 4 N–H and O–H groups in total. The minimum atomic E-state index is -5.83. The third kappa shape index (κ3) is 6.48. The van der Waals surface area contributed by atoms with Gasteiger partial charge in [0.15, 0.2) is 16.6 Å². The summed E-state index contributed by atoms with van der Waals surface area (Å²) >= 11 is 1.25. The molecule has 166 valence electrons. The molecule has 2 saturated carbocycles. The molecule has 2 fully saturated rings. The SMILES string of the molecule is CSc1nc(N)c2ncn(C3C(O)C(O)[C@]4(COP(=O)([O-])OP(=O)([O-])[O-])CC34)c2n1.[Na+].[Na+].[Na+]. The Morgan fingerprint density at radius 1 is 1.27 bits per heavy atom. The van der Waals surface area contributed by atoms with E-state index >= 15 is 0 Å². The molecule has 20 heteroatoms. The van der Waals surface area contributed by atoms with Crippen molar-refractivity contribution in [2.75, 3.05) is 18.6 Å². The average molecular weight is 549 g/mol. The average Bonchev–Trinajstić information content (AvgIpc) is 3.13. The Morgan fingerprint density at radius 3 is 2.48 bits per heavy atom. The quantitative estimate of drug-likeness (QED) is 0.126. The van der Waals surface area contributed by atoms with Gasteiger partial charge in [0, 0.05) is 5.41 Å². The first-order valence-electron chi connectivity index (χ1n) is 8.48. The van der Waals surface area contributed by atoms with Crippen LogP contribution in [-0.2, 0) is 18.0 Å². The van der Waals surface area contributed by atoms with Crippen molar-refractivity contribution in [2.24, 2.45) is 11.3 Å². The van der Waals surface area contributed by atoms with Gasteiger partial charge in [0.2, 0.25) is 0 Å². The van der Waals surface area contributed by atoms with E-state index in [-0.39, 0.29) is 101 Å². The first kappa shape index (κ1) is 32.9. The van der Waals surface area contributed by atoms with Crippen LogP contribution in [0.4, 0.5) is 5.82 Å². The number of aliphatic hydroxyl groups is 2. The van der Waals surface area contributed by atoms with Gasteiger partial charge in [0.25, 0.3) is 7.82 Å². The largest absolute Gasteiger partial charge is 1.00 e. The number of imidazole rings is 1. The number of nitrogen functional groups attached to an aromatic ring is 1. The van der Waals surface area contributed by atoms with Crippen LogP contribution in [0, 0.1) is 11.3 Å². The molecule has 0 radical (unpaired) electrons. The molecule has 0 spiro atoms. The summed E-state index contributed by atoms with van der Waals surface area (Å²) in [5, 5.41) is 21.5. The fraction of sp³-hybridized carbons (Fsp3) is 0.615. The van der Waals surface area contributed by atoms with Gasteiger partial charge < -0.3 is 44.3 Å². The van der Waals surface area contributed by atoms with Crippen molar-refractivity contribution in [2.45, 2.75) is 29.8 Å². The second-order valence-corrected chi connectivity index (χ2v) is 10.6. The number of aliphatic hydroxyl groups excluding tert-OH is 2. The van der Waals surface area contributed by atoms with Crippen LogP contribution < -0.4 is 109 Å². The number of hydrogen-bond acceptors (Lipinski definition) is 14. The van der Waals surface area contributed by atoms with Crippen molar-refractivity contribution in [1.29, 1.82) is 0 Å². The molecule has 5 unspecified atom stereocenters. The summed E-state index contributed by atoms with van der Waals surface area (Å²) in [7, 11) is -11.3.